The molecule has 0 aliphatic carbocycles. The van der Waals surface area contributed by atoms with E-state index >= 15 is 0 Å². The van der Waals surface area contributed by atoms with E-state index in [0.29, 0.717) is 34.9 Å². The highest BCUT2D eigenvalue weighted by Crippen LogP contribution is 2.14. The van der Waals surface area contributed by atoms with Gasteiger partial charge in [0.1, 0.15) is 11.3 Å². The minimum Gasteiger partial charge on any atom is -0.494 e. The number of para-hydroxylation sites is 1. The lowest BCUT2D eigenvalue weighted by Gasteiger charge is -2.08. The zero-order chi connectivity index (χ0) is 20.8. The molecule has 6 heteroatoms. The Morgan fingerprint density at radius 3 is 2.59 bits per heavy atom. The second kappa shape index (κ2) is 9.19. The molecule has 0 bridgehead atoms. The molecule has 0 atom stereocenters. The number of amides is 1. The van der Waals surface area contributed by atoms with Gasteiger partial charge >= 0.3 is 5.63 Å². The largest absolute Gasteiger partial charge is 0.494 e. The van der Waals surface area contributed by atoms with Crippen molar-refractivity contribution in [3.8, 4) is 5.75 Å². The van der Waals surface area contributed by atoms with Gasteiger partial charge in [0.25, 0.3) is 5.91 Å². The van der Waals surface area contributed by atoms with Crippen LogP contribution in [0, 0.1) is 5.92 Å². The topological polar surface area (TPSA) is 80.9 Å². The van der Waals surface area contributed by atoms with Crippen LogP contribution in [0.15, 0.2) is 68.9 Å². The van der Waals surface area contributed by atoms with Gasteiger partial charge in [-0.2, -0.15) is 5.10 Å². The number of hydrogen-bond acceptors (Lipinski definition) is 5. The molecule has 1 amide bonds. The van der Waals surface area contributed by atoms with Crippen molar-refractivity contribution >= 4 is 22.6 Å². The molecule has 0 aliphatic heterocycles. The number of rotatable bonds is 7. The third kappa shape index (κ3) is 5.31. The van der Waals surface area contributed by atoms with Crippen LogP contribution in [0.2, 0.25) is 0 Å². The van der Waals surface area contributed by atoms with Crippen LogP contribution in [0.5, 0.6) is 5.75 Å². The van der Waals surface area contributed by atoms with Gasteiger partial charge in [0.2, 0.25) is 0 Å². The number of carbonyl (C=O) groups is 1. The third-order valence-corrected chi connectivity index (χ3v) is 4.44. The fraction of sp³-hybridized carbons (Fsp3) is 0.261. The quantitative estimate of drug-likeness (QED) is 0.368. The fourth-order valence-corrected chi connectivity index (χ4v) is 2.69. The van der Waals surface area contributed by atoms with Crippen molar-refractivity contribution in [2.45, 2.75) is 27.2 Å². The lowest BCUT2D eigenvalue weighted by molar-refractivity contribution is 0.0955. The van der Waals surface area contributed by atoms with Gasteiger partial charge < -0.3 is 9.15 Å². The summed E-state index contributed by atoms with van der Waals surface area (Å²) in [4.78, 5) is 24.5. The van der Waals surface area contributed by atoms with Gasteiger partial charge in [-0.15, -0.1) is 0 Å². The van der Waals surface area contributed by atoms with E-state index in [9.17, 15) is 9.59 Å². The Hall–Kier alpha value is -3.41. The maximum Gasteiger partial charge on any atom is 0.345 e. The first-order valence-electron chi connectivity index (χ1n) is 9.55. The molecular weight excluding hydrogens is 368 g/mol. The summed E-state index contributed by atoms with van der Waals surface area (Å²) in [6.45, 7) is 6.57. The molecule has 1 heterocycles. The summed E-state index contributed by atoms with van der Waals surface area (Å²) >= 11 is 0. The molecule has 3 rings (SSSR count). The van der Waals surface area contributed by atoms with Crippen molar-refractivity contribution in [3.63, 3.8) is 0 Å². The molecular formula is C23H24N2O4. The van der Waals surface area contributed by atoms with Crippen molar-refractivity contribution in [2.75, 3.05) is 6.61 Å². The molecule has 1 aromatic heterocycles. The monoisotopic (exact) mass is 392 g/mol. The molecule has 29 heavy (non-hydrogen) atoms. The van der Waals surface area contributed by atoms with Crippen molar-refractivity contribution in [3.05, 3.63) is 76.1 Å². The van der Waals surface area contributed by atoms with E-state index in [1.165, 1.54) is 0 Å². The Kier molecular flexibility index (Phi) is 6.44. The molecule has 0 unspecified atom stereocenters. The summed E-state index contributed by atoms with van der Waals surface area (Å²) in [7, 11) is 0. The van der Waals surface area contributed by atoms with Gasteiger partial charge in [0, 0.05) is 10.9 Å². The van der Waals surface area contributed by atoms with E-state index in [1.54, 1.807) is 49.4 Å². The molecule has 0 fully saturated rings. The van der Waals surface area contributed by atoms with Crippen LogP contribution in [0.1, 0.15) is 43.1 Å². The molecule has 0 spiro atoms. The highest BCUT2D eigenvalue weighted by Gasteiger charge is 2.10. The number of benzene rings is 2. The van der Waals surface area contributed by atoms with Gasteiger partial charge in [-0.3, -0.25) is 4.79 Å². The first-order chi connectivity index (χ1) is 13.9. The molecule has 6 nitrogen and oxygen atoms in total. The van der Waals surface area contributed by atoms with Crippen LogP contribution in [0.3, 0.4) is 0 Å². The van der Waals surface area contributed by atoms with Gasteiger partial charge in [-0.25, -0.2) is 10.2 Å². The SMILES string of the molecule is C/C(=N/NC(=O)c1ccc(OCCC(C)C)cc1)c1cc2ccccc2oc1=O. The summed E-state index contributed by atoms with van der Waals surface area (Å²) in [5.74, 6) is 0.921. The van der Waals surface area contributed by atoms with Crippen LogP contribution in [0.4, 0.5) is 0 Å². The summed E-state index contributed by atoms with van der Waals surface area (Å²) in [6.07, 6.45) is 0.971. The van der Waals surface area contributed by atoms with E-state index < -0.39 is 5.63 Å². The first kappa shape index (κ1) is 20.3. The summed E-state index contributed by atoms with van der Waals surface area (Å²) in [6, 6.07) is 15.8. The van der Waals surface area contributed by atoms with E-state index in [2.05, 4.69) is 24.4 Å². The maximum absolute atomic E-state index is 12.3. The number of carbonyl (C=O) groups excluding carboxylic acids is 1. The van der Waals surface area contributed by atoms with Crippen molar-refractivity contribution < 1.29 is 13.9 Å². The van der Waals surface area contributed by atoms with Crippen LogP contribution >= 0.6 is 0 Å². The summed E-state index contributed by atoms with van der Waals surface area (Å²) in [5, 5.41) is 4.84. The van der Waals surface area contributed by atoms with Crippen LogP contribution < -0.4 is 15.8 Å². The minimum atomic E-state index is -0.498. The van der Waals surface area contributed by atoms with Gasteiger partial charge in [0.05, 0.1) is 17.9 Å². The predicted molar refractivity (Wildman–Crippen MR) is 114 cm³/mol. The van der Waals surface area contributed by atoms with Gasteiger partial charge in [0.15, 0.2) is 0 Å². The zero-order valence-electron chi connectivity index (χ0n) is 16.8. The smallest absolute Gasteiger partial charge is 0.345 e. The second-order valence-corrected chi connectivity index (χ2v) is 7.18. The number of nitrogens with one attached hydrogen (secondary N) is 1. The molecule has 2 aromatic carbocycles. The number of fused-ring (bicyclic) bond motifs is 1. The molecule has 1 N–H and O–H groups in total. The molecule has 150 valence electrons. The lowest BCUT2D eigenvalue weighted by Crippen LogP contribution is -2.21. The molecule has 3 aromatic rings. The number of ether oxygens (including phenoxy) is 1. The van der Waals surface area contributed by atoms with Crippen LogP contribution in [-0.2, 0) is 0 Å². The minimum absolute atomic E-state index is 0.304. The Labute approximate surface area is 169 Å². The molecule has 0 aliphatic rings. The molecule has 0 saturated carbocycles. The highest BCUT2D eigenvalue weighted by atomic mass is 16.5. The average molecular weight is 392 g/mol. The van der Waals surface area contributed by atoms with Crippen molar-refractivity contribution in [1.29, 1.82) is 0 Å². The van der Waals surface area contributed by atoms with Crippen molar-refractivity contribution in [2.24, 2.45) is 11.0 Å². The molecule has 0 saturated heterocycles. The Balaban J connectivity index is 1.67. The highest BCUT2D eigenvalue weighted by molar-refractivity contribution is 6.02. The maximum atomic E-state index is 12.3. The first-order valence-corrected chi connectivity index (χ1v) is 9.55. The standard InChI is InChI=1S/C23H24N2O4/c1-15(2)12-13-28-19-10-8-17(9-11-19)22(26)25-24-16(3)20-14-18-6-4-5-7-21(18)29-23(20)27/h4-11,14-15H,12-13H2,1-3H3,(H,25,26)/b24-16-. The van der Waals surface area contributed by atoms with Gasteiger partial charge in [-0.1, -0.05) is 32.0 Å². The molecule has 0 radical (unpaired) electrons. The van der Waals surface area contributed by atoms with E-state index in [0.717, 1.165) is 17.6 Å². The third-order valence-electron chi connectivity index (χ3n) is 4.44. The predicted octanol–water partition coefficient (Wildman–Crippen LogP) is 4.37. The lowest BCUT2D eigenvalue weighted by atomic mass is 10.1. The Bertz CT molecular complexity index is 1080. The normalized spacial score (nSPS) is 11.7. The van der Waals surface area contributed by atoms with Gasteiger partial charge in [-0.05, 0) is 55.7 Å². The van der Waals surface area contributed by atoms with Crippen LogP contribution in [-0.4, -0.2) is 18.2 Å². The average Bonchev–Trinajstić information content (AvgIpc) is 2.71. The van der Waals surface area contributed by atoms with Crippen LogP contribution in [0.25, 0.3) is 11.0 Å². The number of nitrogens with zero attached hydrogens (tertiary/aromatic N) is 1. The number of hydrogen-bond donors (Lipinski definition) is 1. The van der Waals surface area contributed by atoms with E-state index in [4.69, 9.17) is 9.15 Å². The Morgan fingerprint density at radius 1 is 1.14 bits per heavy atom. The van der Waals surface area contributed by atoms with E-state index in [-0.39, 0.29) is 5.91 Å². The number of hydrazone groups is 1. The Morgan fingerprint density at radius 2 is 1.86 bits per heavy atom. The van der Waals surface area contributed by atoms with E-state index in [1.807, 2.05) is 12.1 Å². The second-order valence-electron chi connectivity index (χ2n) is 7.18. The summed E-state index contributed by atoms with van der Waals surface area (Å²) in [5.41, 5.74) is 3.61. The van der Waals surface area contributed by atoms with Crippen molar-refractivity contribution in [1.82, 2.24) is 5.43 Å². The summed E-state index contributed by atoms with van der Waals surface area (Å²) < 4.78 is 11.0. The zero-order valence-corrected chi connectivity index (χ0v) is 16.8. The fourth-order valence-electron chi connectivity index (χ4n) is 2.69.